The Hall–Kier alpha value is -3.50. The molecule has 4 aliphatic rings. The number of aliphatic hydroxyl groups is 2. The van der Waals surface area contributed by atoms with E-state index in [-0.39, 0.29) is 37.3 Å². The van der Waals surface area contributed by atoms with Crippen molar-refractivity contribution in [1.82, 2.24) is 30.4 Å². The lowest BCUT2D eigenvalue weighted by molar-refractivity contribution is -0.319. The number of para-hydroxylation sites is 1. The molecule has 0 saturated carbocycles. The van der Waals surface area contributed by atoms with E-state index in [1.165, 1.54) is 19.2 Å². The van der Waals surface area contributed by atoms with E-state index < -0.39 is 108 Å². The summed E-state index contributed by atoms with van der Waals surface area (Å²) in [7, 11) is 6.84. The van der Waals surface area contributed by atoms with Gasteiger partial charge in [0, 0.05) is 57.0 Å². The molecule has 1 aromatic heterocycles. The van der Waals surface area contributed by atoms with Crippen LogP contribution in [0.4, 0.5) is 4.79 Å². The fraction of sp³-hybridized carbons (Fsp3) is 0.796. The molecule has 6 rings (SSSR count). The second-order valence-electron chi connectivity index (χ2n) is 20.6. The van der Waals surface area contributed by atoms with Gasteiger partial charge in [-0.1, -0.05) is 39.0 Å². The average molecular weight is 961 g/mol. The molecule has 1 unspecified atom stereocenters. The van der Waals surface area contributed by atoms with E-state index in [0.29, 0.717) is 25.9 Å². The number of carbonyl (C=O) groups excluding carboxylic acids is 3. The van der Waals surface area contributed by atoms with Crippen LogP contribution in [0.2, 0.25) is 0 Å². The zero-order valence-electron chi connectivity index (χ0n) is 42.7. The van der Waals surface area contributed by atoms with E-state index in [2.05, 4.69) is 15.8 Å². The number of methoxy groups -OCH3 is 2. The van der Waals surface area contributed by atoms with Gasteiger partial charge in [0.2, 0.25) is 5.91 Å². The fourth-order valence-electron chi connectivity index (χ4n) is 11.2. The number of nitrogens with zero attached hydrogens (tertiary/aromatic N) is 4. The van der Waals surface area contributed by atoms with E-state index in [4.69, 9.17) is 37.9 Å². The summed E-state index contributed by atoms with van der Waals surface area (Å²) in [6, 6.07) is 6.07. The van der Waals surface area contributed by atoms with Gasteiger partial charge >= 0.3 is 12.1 Å². The van der Waals surface area contributed by atoms with Gasteiger partial charge in [0.1, 0.15) is 24.4 Å². The molecule has 1 aromatic carbocycles. The normalized spacial score (nSPS) is 41.2. The van der Waals surface area contributed by atoms with Crippen molar-refractivity contribution in [3.63, 3.8) is 0 Å². The smallest absolute Gasteiger partial charge is 0.425 e. The number of benzene rings is 1. The lowest BCUT2D eigenvalue weighted by Gasteiger charge is -2.49. The number of rotatable bonds is 13. The molecule has 19 heteroatoms. The Bertz CT molecular complexity index is 2030. The average Bonchev–Trinajstić information content (AvgIpc) is 3.83. The number of hydrogen-bond acceptors (Lipinski definition) is 16. The molecule has 4 fully saturated rings. The number of ether oxygens (including phenoxy) is 8. The quantitative estimate of drug-likeness (QED) is 0.164. The third kappa shape index (κ3) is 11.0. The van der Waals surface area contributed by atoms with E-state index in [9.17, 15) is 24.6 Å². The van der Waals surface area contributed by atoms with Gasteiger partial charge in [-0.05, 0) is 94.3 Å². The number of carbonyl (C=O) groups is 3. The number of hydrogen-bond donors (Lipinski definition) is 4. The Kier molecular flexibility index (Phi) is 17.3. The molecule has 0 aliphatic carbocycles. The third-order valence-corrected chi connectivity index (χ3v) is 15.3. The molecule has 0 spiro atoms. The maximum absolute atomic E-state index is 15.0. The summed E-state index contributed by atoms with van der Waals surface area (Å²) in [4.78, 5) is 45.5. The van der Waals surface area contributed by atoms with Crippen molar-refractivity contribution in [2.75, 3.05) is 34.9 Å². The van der Waals surface area contributed by atoms with Crippen molar-refractivity contribution in [2.45, 2.75) is 198 Å². The van der Waals surface area contributed by atoms with Crippen molar-refractivity contribution in [2.24, 2.45) is 17.8 Å². The van der Waals surface area contributed by atoms with Crippen molar-refractivity contribution < 1.29 is 62.5 Å². The fourth-order valence-corrected chi connectivity index (χ4v) is 11.2. The number of aliphatic hydroxyl groups excluding tert-OH is 2. The third-order valence-electron chi connectivity index (χ3n) is 15.3. The van der Waals surface area contributed by atoms with Crippen LogP contribution in [0.15, 0.2) is 30.5 Å². The maximum Gasteiger partial charge on any atom is 0.425 e. The standard InChI is InChI=1S/C49H80N6O13/c1-15-36-49(10)40(55(46(60)68-49)50-21-18-22-54-34-20-17-16-19-33(34)26-51-54)31(6)52-43(58)27(2)24-48(9,62-14)42(67-45-38(56)35(53(11)12)23-28(3)63-45)29(4)39(30(5)44(59)65-36)66-37-25-47(8,61-13)41(57)32(7)64-37/h16-17,19-20,26-32,35-42,45,50,56-57H,15,18,21-25H2,1-14H3,(H,52,58)/t27-,28-,29+,30-,31?,32+,35+,36-,37+,38-,39+,40-,41+,42-,45+,47-,48+,49-/m1/s1. The summed E-state index contributed by atoms with van der Waals surface area (Å²) in [6.07, 6.45) is -5.36. The van der Waals surface area contributed by atoms with E-state index >= 15 is 0 Å². The molecule has 4 saturated heterocycles. The van der Waals surface area contributed by atoms with Gasteiger partial charge in [0.15, 0.2) is 18.2 Å². The Morgan fingerprint density at radius 2 is 1.65 bits per heavy atom. The highest BCUT2D eigenvalue weighted by Crippen LogP contribution is 2.42. The number of amides is 2. The monoisotopic (exact) mass is 961 g/mol. The van der Waals surface area contributed by atoms with E-state index in [1.807, 2.05) is 88.8 Å². The predicted octanol–water partition coefficient (Wildman–Crippen LogP) is 4.15. The van der Waals surface area contributed by atoms with Gasteiger partial charge in [-0.15, -0.1) is 0 Å². The van der Waals surface area contributed by atoms with Gasteiger partial charge in [0.05, 0.1) is 59.3 Å². The minimum atomic E-state index is -1.45. The topological polar surface area (TPSA) is 214 Å². The Balaban J connectivity index is 1.38. The summed E-state index contributed by atoms with van der Waals surface area (Å²) >= 11 is 0. The van der Waals surface area contributed by atoms with Crippen molar-refractivity contribution in [3.05, 3.63) is 30.5 Å². The molecular weight excluding hydrogens is 881 g/mol. The molecule has 4 N–H and O–H groups in total. The number of esters is 1. The first-order chi connectivity index (χ1) is 32.0. The van der Waals surface area contributed by atoms with Gasteiger partial charge in [-0.2, -0.15) is 5.10 Å². The second kappa shape index (κ2) is 21.9. The lowest BCUT2D eigenvalue weighted by atomic mass is 9.77. The zero-order valence-corrected chi connectivity index (χ0v) is 42.7. The number of cyclic esters (lactones) is 1. The van der Waals surface area contributed by atoms with Crippen molar-refractivity contribution in [1.29, 1.82) is 0 Å². The van der Waals surface area contributed by atoms with Crippen LogP contribution in [0.1, 0.15) is 101 Å². The lowest BCUT2D eigenvalue weighted by Crippen LogP contribution is -2.63. The van der Waals surface area contributed by atoms with Gasteiger partial charge in [0.25, 0.3) is 0 Å². The van der Waals surface area contributed by atoms with Crippen LogP contribution >= 0.6 is 0 Å². The van der Waals surface area contributed by atoms with Crippen LogP contribution in [0.25, 0.3) is 10.9 Å². The molecule has 0 bridgehead atoms. The maximum atomic E-state index is 15.0. The number of fused-ring (bicyclic) bond motifs is 2. The number of hydrazine groups is 1. The predicted molar refractivity (Wildman–Crippen MR) is 251 cm³/mol. The second-order valence-corrected chi connectivity index (χ2v) is 20.6. The van der Waals surface area contributed by atoms with Gasteiger partial charge in [-0.25, -0.2) is 15.2 Å². The van der Waals surface area contributed by atoms with Gasteiger partial charge < -0.3 is 58.3 Å². The number of aromatic nitrogens is 2. The number of nitrogens with one attached hydrogen (secondary N) is 2. The summed E-state index contributed by atoms with van der Waals surface area (Å²) in [5, 5.41) is 33.1. The Labute approximate surface area is 402 Å². The van der Waals surface area contributed by atoms with Crippen molar-refractivity contribution in [3.8, 4) is 0 Å². The highest BCUT2D eigenvalue weighted by atomic mass is 16.7. The number of likely N-dealkylation sites (N-methyl/N-ethyl adjacent to an activating group) is 1. The molecule has 384 valence electrons. The molecule has 68 heavy (non-hydrogen) atoms. The Morgan fingerprint density at radius 3 is 2.31 bits per heavy atom. The SMILES string of the molecule is CC[C@H]1OC(=O)[C@H](C)[C@@H](O[C@H]2C[C@@](C)(OC)[C@@H](O)[C@H](C)O2)[C@H](C)[C@@H](O[C@@H]2O[C@H](C)C[C@H](N(C)C)[C@H]2O)[C@@](C)(OC)C[C@@H](C)C(=O)NC(C)[C@H]2N(NCCCn3ncc4ccccc43)C(=O)O[C@]12C. The highest BCUT2D eigenvalue weighted by molar-refractivity contribution is 5.80. The molecule has 19 nitrogen and oxygen atoms in total. The highest BCUT2D eigenvalue weighted by Gasteiger charge is 2.60. The summed E-state index contributed by atoms with van der Waals surface area (Å²) in [5.74, 6) is -3.44. The molecule has 2 aromatic rings. The minimum absolute atomic E-state index is 0.113. The van der Waals surface area contributed by atoms with Crippen molar-refractivity contribution >= 4 is 28.9 Å². The first kappa shape index (κ1) is 53.8. The van der Waals surface area contributed by atoms with Gasteiger partial charge in [-0.3, -0.25) is 14.3 Å². The number of aryl methyl sites for hydroxylation is 1. The molecule has 5 heterocycles. The van der Waals surface area contributed by atoms with Crippen LogP contribution < -0.4 is 10.7 Å². The zero-order chi connectivity index (χ0) is 50.0. The Morgan fingerprint density at radius 1 is 0.956 bits per heavy atom. The summed E-state index contributed by atoms with van der Waals surface area (Å²) in [5.41, 5.74) is 0.496. The summed E-state index contributed by atoms with van der Waals surface area (Å²) < 4.78 is 53.4. The molecular formula is C49H80N6O13. The van der Waals surface area contributed by atoms with E-state index in [0.717, 1.165) is 10.9 Å². The summed E-state index contributed by atoms with van der Waals surface area (Å²) in [6.45, 7) is 19.0. The minimum Gasteiger partial charge on any atom is -0.458 e. The van der Waals surface area contributed by atoms with Crippen LogP contribution in [0, 0.1) is 17.8 Å². The molecule has 0 radical (unpaired) electrons. The molecule has 2 amide bonds. The first-order valence-corrected chi connectivity index (χ1v) is 24.4. The van der Waals surface area contributed by atoms with Crippen LogP contribution in [-0.4, -0.2) is 173 Å². The van der Waals surface area contributed by atoms with E-state index in [1.54, 1.807) is 34.6 Å². The van der Waals surface area contributed by atoms with Crippen LogP contribution in [-0.2, 0) is 54.0 Å². The molecule has 18 atom stereocenters. The first-order valence-electron chi connectivity index (χ1n) is 24.4. The van der Waals surface area contributed by atoms with Crippen LogP contribution in [0.5, 0.6) is 0 Å². The largest absolute Gasteiger partial charge is 0.458 e. The molecule has 4 aliphatic heterocycles. The van der Waals surface area contributed by atoms with Crippen LogP contribution in [0.3, 0.4) is 0 Å².